The predicted molar refractivity (Wildman–Crippen MR) is 80.9 cm³/mol. The second-order valence-electron chi connectivity index (χ2n) is 5.44. The van der Waals surface area contributed by atoms with Gasteiger partial charge in [-0.2, -0.15) is 5.26 Å². The van der Waals surface area contributed by atoms with Crippen LogP contribution < -0.4 is 0 Å². The highest BCUT2D eigenvalue weighted by Crippen LogP contribution is 2.49. The van der Waals surface area contributed by atoms with Crippen LogP contribution in [0.4, 0.5) is 8.78 Å². The van der Waals surface area contributed by atoms with Crippen LogP contribution in [-0.4, -0.2) is 5.92 Å². The van der Waals surface area contributed by atoms with E-state index in [0.717, 1.165) is 6.42 Å². The van der Waals surface area contributed by atoms with Gasteiger partial charge in [0.2, 0.25) is 0 Å². The minimum absolute atomic E-state index is 0.0895. The highest BCUT2D eigenvalue weighted by Gasteiger charge is 2.46. The van der Waals surface area contributed by atoms with Crippen LogP contribution in [0.25, 0.3) is 5.57 Å². The fraction of sp³-hybridized carbons (Fsp3) is 0.389. The summed E-state index contributed by atoms with van der Waals surface area (Å²) in [7, 11) is 0. The second kappa shape index (κ2) is 6.22. The average Bonchev–Trinajstić information content (AvgIpc) is 2.49. The van der Waals surface area contributed by atoms with Gasteiger partial charge in [0.15, 0.2) is 0 Å². The molecule has 1 aliphatic rings. The number of rotatable bonds is 4. The molecule has 1 aliphatic carbocycles. The summed E-state index contributed by atoms with van der Waals surface area (Å²) in [4.78, 5) is 0. The molecule has 21 heavy (non-hydrogen) atoms. The first kappa shape index (κ1) is 15.4. The third-order valence-electron chi connectivity index (χ3n) is 4.12. The summed E-state index contributed by atoms with van der Waals surface area (Å²) >= 11 is 0. The van der Waals surface area contributed by atoms with E-state index < -0.39 is 11.8 Å². The Morgan fingerprint density at radius 3 is 2.57 bits per heavy atom. The monoisotopic (exact) mass is 287 g/mol. The van der Waals surface area contributed by atoms with E-state index in [4.69, 9.17) is 5.26 Å². The molecule has 2 rings (SSSR count). The van der Waals surface area contributed by atoms with Gasteiger partial charge in [0.25, 0.3) is 5.92 Å². The molecule has 0 saturated heterocycles. The first-order chi connectivity index (χ1) is 10.0. The van der Waals surface area contributed by atoms with E-state index in [2.05, 4.69) is 6.58 Å². The van der Waals surface area contributed by atoms with Crippen LogP contribution in [0.15, 0.2) is 42.5 Å². The van der Waals surface area contributed by atoms with Gasteiger partial charge in [-0.05, 0) is 42.5 Å². The SMILES string of the molecule is C=CC1=C(c2ccc(C#N)cc2)C(F)(F)C(CCC)CC1. The molecule has 0 spiro atoms. The van der Waals surface area contributed by atoms with Crippen molar-refractivity contribution in [1.82, 2.24) is 0 Å². The fourth-order valence-electron chi connectivity index (χ4n) is 3.02. The molecule has 0 N–H and O–H groups in total. The Balaban J connectivity index is 2.50. The molecule has 1 unspecified atom stereocenters. The van der Waals surface area contributed by atoms with Gasteiger partial charge in [0, 0.05) is 11.5 Å². The molecule has 1 nitrogen and oxygen atoms in total. The number of hydrogen-bond acceptors (Lipinski definition) is 1. The van der Waals surface area contributed by atoms with E-state index >= 15 is 0 Å². The van der Waals surface area contributed by atoms with Crippen molar-refractivity contribution in [2.24, 2.45) is 5.92 Å². The molecule has 0 aromatic heterocycles. The standard InChI is InChI=1S/C18H19F2N/c1-3-5-16-11-10-14(4-2)17(18(16,19)20)15-8-6-13(12-21)7-9-15/h4,6-9,16H,2-3,5,10-11H2,1H3. The molecule has 110 valence electrons. The number of nitrogens with zero attached hydrogens (tertiary/aromatic N) is 1. The largest absolute Gasteiger partial charge is 0.276 e. The lowest BCUT2D eigenvalue weighted by atomic mass is 9.76. The Morgan fingerprint density at radius 1 is 1.38 bits per heavy atom. The van der Waals surface area contributed by atoms with E-state index in [1.807, 2.05) is 13.0 Å². The molecule has 1 atom stereocenters. The maximum atomic E-state index is 14.9. The Bertz CT molecular complexity index is 591. The van der Waals surface area contributed by atoms with Gasteiger partial charge in [-0.25, -0.2) is 8.78 Å². The summed E-state index contributed by atoms with van der Waals surface area (Å²) in [6.07, 6.45) is 3.96. The third kappa shape index (κ3) is 2.90. The van der Waals surface area contributed by atoms with Gasteiger partial charge in [0.05, 0.1) is 11.6 Å². The van der Waals surface area contributed by atoms with E-state index in [9.17, 15) is 8.78 Å². The zero-order valence-electron chi connectivity index (χ0n) is 12.2. The molecule has 0 aliphatic heterocycles. The van der Waals surface area contributed by atoms with Crippen molar-refractivity contribution >= 4 is 5.57 Å². The lowest BCUT2D eigenvalue weighted by molar-refractivity contribution is -0.0114. The molecule has 0 fully saturated rings. The molecular weight excluding hydrogens is 268 g/mol. The summed E-state index contributed by atoms with van der Waals surface area (Å²) in [5.41, 5.74) is 1.68. The van der Waals surface area contributed by atoms with Crippen molar-refractivity contribution in [1.29, 1.82) is 5.26 Å². The molecule has 0 bridgehead atoms. The Labute approximate surface area is 124 Å². The van der Waals surface area contributed by atoms with Crippen LogP contribution in [0.3, 0.4) is 0 Å². The van der Waals surface area contributed by atoms with E-state index in [1.54, 1.807) is 30.3 Å². The molecule has 0 radical (unpaired) electrons. The molecule has 3 heteroatoms. The van der Waals surface area contributed by atoms with Crippen molar-refractivity contribution in [3.63, 3.8) is 0 Å². The normalized spacial score (nSPS) is 21.0. The zero-order chi connectivity index (χ0) is 15.5. The first-order valence-electron chi connectivity index (χ1n) is 7.29. The fourth-order valence-corrected chi connectivity index (χ4v) is 3.02. The predicted octanol–water partition coefficient (Wildman–Crippen LogP) is 5.34. The number of alkyl halides is 2. The van der Waals surface area contributed by atoms with Gasteiger partial charge < -0.3 is 0 Å². The van der Waals surface area contributed by atoms with Gasteiger partial charge in [-0.3, -0.25) is 0 Å². The smallest absolute Gasteiger partial charge is 0.201 e. The maximum absolute atomic E-state index is 14.9. The van der Waals surface area contributed by atoms with E-state index in [-0.39, 0.29) is 5.57 Å². The first-order valence-corrected chi connectivity index (χ1v) is 7.29. The van der Waals surface area contributed by atoms with Crippen LogP contribution in [0.1, 0.15) is 43.7 Å². The Morgan fingerprint density at radius 2 is 2.05 bits per heavy atom. The quantitative estimate of drug-likeness (QED) is 0.733. The Hall–Kier alpha value is -1.95. The molecule has 1 aromatic rings. The lowest BCUT2D eigenvalue weighted by Gasteiger charge is -2.35. The van der Waals surface area contributed by atoms with Gasteiger partial charge in [-0.15, -0.1) is 0 Å². The number of hydrogen-bond donors (Lipinski definition) is 0. The number of allylic oxidation sites excluding steroid dienone is 3. The zero-order valence-corrected chi connectivity index (χ0v) is 12.2. The van der Waals surface area contributed by atoms with Crippen LogP contribution >= 0.6 is 0 Å². The number of halogens is 2. The van der Waals surface area contributed by atoms with Crippen molar-refractivity contribution in [3.8, 4) is 6.07 Å². The van der Waals surface area contributed by atoms with Gasteiger partial charge in [-0.1, -0.05) is 38.1 Å². The topological polar surface area (TPSA) is 23.8 Å². The number of nitriles is 1. The summed E-state index contributed by atoms with van der Waals surface area (Å²) in [5, 5.41) is 8.83. The number of benzene rings is 1. The summed E-state index contributed by atoms with van der Waals surface area (Å²) < 4.78 is 29.7. The van der Waals surface area contributed by atoms with Crippen LogP contribution in [0, 0.1) is 17.2 Å². The minimum atomic E-state index is -2.84. The Kier molecular flexibility index (Phi) is 4.57. The molecular formula is C18H19F2N. The van der Waals surface area contributed by atoms with Gasteiger partial charge >= 0.3 is 0 Å². The highest BCUT2D eigenvalue weighted by molar-refractivity contribution is 5.77. The molecule has 1 aromatic carbocycles. The van der Waals surface area contributed by atoms with E-state index in [1.165, 1.54) is 0 Å². The lowest BCUT2D eigenvalue weighted by Crippen LogP contribution is -2.33. The maximum Gasteiger partial charge on any atom is 0.276 e. The van der Waals surface area contributed by atoms with Crippen molar-refractivity contribution in [2.45, 2.75) is 38.5 Å². The highest BCUT2D eigenvalue weighted by atomic mass is 19.3. The molecule has 0 amide bonds. The van der Waals surface area contributed by atoms with Crippen molar-refractivity contribution < 1.29 is 8.78 Å². The average molecular weight is 287 g/mol. The second-order valence-corrected chi connectivity index (χ2v) is 5.44. The van der Waals surface area contributed by atoms with Crippen molar-refractivity contribution in [2.75, 3.05) is 0 Å². The third-order valence-corrected chi connectivity index (χ3v) is 4.12. The summed E-state index contributed by atoms with van der Waals surface area (Å²) in [5.74, 6) is -3.46. The van der Waals surface area contributed by atoms with Crippen molar-refractivity contribution in [3.05, 3.63) is 53.6 Å². The van der Waals surface area contributed by atoms with Gasteiger partial charge in [0.1, 0.15) is 0 Å². The summed E-state index contributed by atoms with van der Waals surface area (Å²) in [6, 6.07) is 8.40. The summed E-state index contributed by atoms with van der Waals surface area (Å²) in [6.45, 7) is 5.62. The minimum Gasteiger partial charge on any atom is -0.201 e. The van der Waals surface area contributed by atoms with Crippen LogP contribution in [0.5, 0.6) is 0 Å². The molecule has 0 saturated carbocycles. The van der Waals surface area contributed by atoms with E-state index in [0.29, 0.717) is 36.0 Å². The molecule has 0 heterocycles. The van der Waals surface area contributed by atoms with Crippen LogP contribution in [0.2, 0.25) is 0 Å². The van der Waals surface area contributed by atoms with Crippen LogP contribution in [-0.2, 0) is 0 Å².